The zero-order valence-corrected chi connectivity index (χ0v) is 14.7. The van der Waals surface area contributed by atoms with Crippen LogP contribution in [-0.4, -0.2) is 5.91 Å². The molecule has 1 fully saturated rings. The molecule has 1 N–H and O–H groups in total. The number of amides is 1. The summed E-state index contributed by atoms with van der Waals surface area (Å²) in [6.45, 7) is 0.346. The zero-order valence-electron chi connectivity index (χ0n) is 13.9. The largest absolute Gasteiger partial charge is 0.459 e. The molecule has 1 amide bonds. The highest BCUT2D eigenvalue weighted by Crippen LogP contribution is 2.47. The number of rotatable bonds is 5. The molecule has 2 aromatic carbocycles. The minimum absolute atomic E-state index is 0.00349. The predicted octanol–water partition coefficient (Wildman–Crippen LogP) is 5.16. The van der Waals surface area contributed by atoms with E-state index in [0.29, 0.717) is 17.3 Å². The first-order chi connectivity index (χ1) is 12.6. The number of nitrogens with one attached hydrogen (secondary N) is 1. The summed E-state index contributed by atoms with van der Waals surface area (Å²) in [5, 5.41) is 3.59. The smallest absolute Gasteiger partial charge is 0.224 e. The highest BCUT2D eigenvalue weighted by atomic mass is 35.5. The third kappa shape index (κ3) is 3.65. The van der Waals surface area contributed by atoms with Crippen LogP contribution in [0.15, 0.2) is 65.1 Å². The van der Waals surface area contributed by atoms with Gasteiger partial charge in [0.1, 0.15) is 17.3 Å². The van der Waals surface area contributed by atoms with Gasteiger partial charge in [0.2, 0.25) is 5.91 Å². The Kier molecular flexibility index (Phi) is 4.51. The van der Waals surface area contributed by atoms with E-state index in [1.807, 2.05) is 36.4 Å². The number of hydrogen-bond acceptors (Lipinski definition) is 2. The summed E-state index contributed by atoms with van der Waals surface area (Å²) in [4.78, 5) is 12.3. The molecule has 0 aliphatic heterocycles. The van der Waals surface area contributed by atoms with E-state index >= 15 is 0 Å². The van der Waals surface area contributed by atoms with Crippen LogP contribution in [0, 0.1) is 11.7 Å². The molecule has 0 radical (unpaired) electrons. The Hall–Kier alpha value is -2.59. The van der Waals surface area contributed by atoms with Crippen molar-refractivity contribution in [2.24, 2.45) is 5.92 Å². The number of carbonyl (C=O) groups excluding carboxylic acids is 1. The Morgan fingerprint density at radius 3 is 2.54 bits per heavy atom. The molecule has 4 rings (SSSR count). The summed E-state index contributed by atoms with van der Waals surface area (Å²) in [5.41, 5.74) is 1.94. The van der Waals surface area contributed by atoms with E-state index in [-0.39, 0.29) is 23.6 Å². The number of furan rings is 1. The third-order valence-corrected chi connectivity index (χ3v) is 4.90. The fraction of sp³-hybridized carbons (Fsp3) is 0.190. The van der Waals surface area contributed by atoms with E-state index in [9.17, 15) is 9.18 Å². The molecule has 1 heterocycles. The van der Waals surface area contributed by atoms with E-state index in [1.54, 1.807) is 12.1 Å². The van der Waals surface area contributed by atoms with Crippen molar-refractivity contribution >= 4 is 17.5 Å². The second-order valence-electron chi connectivity index (χ2n) is 6.49. The molecular weight excluding hydrogens is 353 g/mol. The van der Waals surface area contributed by atoms with Crippen molar-refractivity contribution in [1.29, 1.82) is 0 Å². The first-order valence-electron chi connectivity index (χ1n) is 8.48. The highest BCUT2D eigenvalue weighted by molar-refractivity contribution is 6.30. The van der Waals surface area contributed by atoms with Crippen molar-refractivity contribution < 1.29 is 13.6 Å². The lowest BCUT2D eigenvalue weighted by molar-refractivity contribution is -0.122. The molecule has 3 nitrogen and oxygen atoms in total. The van der Waals surface area contributed by atoms with Gasteiger partial charge >= 0.3 is 0 Å². The lowest BCUT2D eigenvalue weighted by Gasteiger charge is -2.04. The van der Waals surface area contributed by atoms with Crippen LogP contribution >= 0.6 is 11.6 Å². The molecule has 132 valence electrons. The minimum Gasteiger partial charge on any atom is -0.459 e. The van der Waals surface area contributed by atoms with Gasteiger partial charge in [-0.1, -0.05) is 23.7 Å². The number of carbonyl (C=O) groups is 1. The van der Waals surface area contributed by atoms with Gasteiger partial charge in [0.15, 0.2) is 0 Å². The molecule has 0 bridgehead atoms. The van der Waals surface area contributed by atoms with Gasteiger partial charge in [0.05, 0.1) is 6.54 Å². The summed E-state index contributed by atoms with van der Waals surface area (Å²) in [6, 6.07) is 17.5. The monoisotopic (exact) mass is 369 g/mol. The van der Waals surface area contributed by atoms with Gasteiger partial charge in [0, 0.05) is 16.5 Å². The van der Waals surface area contributed by atoms with Crippen LogP contribution in [-0.2, 0) is 11.3 Å². The Balaban J connectivity index is 1.33. The van der Waals surface area contributed by atoms with Gasteiger partial charge in [-0.2, -0.15) is 0 Å². The number of hydrogen-bond donors (Lipinski definition) is 1. The van der Waals surface area contributed by atoms with Crippen LogP contribution in [0.25, 0.3) is 11.3 Å². The SMILES string of the molecule is O=C(NCc1ccc(-c2ccc(Cl)cc2)o1)[C@@H]1C[C@@H]1c1ccc(F)cc1. The van der Waals surface area contributed by atoms with Crippen molar-refractivity contribution in [2.75, 3.05) is 0 Å². The zero-order chi connectivity index (χ0) is 18.1. The lowest BCUT2D eigenvalue weighted by Crippen LogP contribution is -2.24. The summed E-state index contributed by atoms with van der Waals surface area (Å²) in [7, 11) is 0. The molecule has 1 aliphatic carbocycles. The summed E-state index contributed by atoms with van der Waals surface area (Å²) >= 11 is 5.89. The molecular formula is C21H17ClFNO2. The topological polar surface area (TPSA) is 42.2 Å². The number of benzene rings is 2. The van der Waals surface area contributed by atoms with E-state index < -0.39 is 0 Å². The maximum absolute atomic E-state index is 13.0. The van der Waals surface area contributed by atoms with Gasteiger partial charge in [-0.15, -0.1) is 0 Å². The highest BCUT2D eigenvalue weighted by Gasteiger charge is 2.43. The van der Waals surface area contributed by atoms with Gasteiger partial charge in [-0.3, -0.25) is 4.79 Å². The second kappa shape index (κ2) is 6.96. The van der Waals surface area contributed by atoms with Gasteiger partial charge < -0.3 is 9.73 Å². The van der Waals surface area contributed by atoms with Crippen LogP contribution in [0.3, 0.4) is 0 Å². The maximum Gasteiger partial charge on any atom is 0.224 e. The van der Waals surface area contributed by atoms with Crippen molar-refractivity contribution in [3.8, 4) is 11.3 Å². The van der Waals surface area contributed by atoms with Crippen LogP contribution in [0.2, 0.25) is 5.02 Å². The van der Waals surface area contributed by atoms with Crippen molar-refractivity contribution in [3.05, 3.63) is 82.8 Å². The van der Waals surface area contributed by atoms with Crippen molar-refractivity contribution in [3.63, 3.8) is 0 Å². The van der Waals surface area contributed by atoms with E-state index in [4.69, 9.17) is 16.0 Å². The maximum atomic E-state index is 13.0. The first kappa shape index (κ1) is 16.9. The van der Waals surface area contributed by atoms with Crippen LogP contribution in [0.4, 0.5) is 4.39 Å². The normalized spacial score (nSPS) is 18.5. The Bertz CT molecular complexity index is 918. The predicted molar refractivity (Wildman–Crippen MR) is 98.2 cm³/mol. The van der Waals surface area contributed by atoms with Gasteiger partial charge in [-0.25, -0.2) is 4.39 Å². The summed E-state index contributed by atoms with van der Waals surface area (Å²) in [5.74, 6) is 1.31. The van der Waals surface area contributed by atoms with Crippen LogP contribution in [0.1, 0.15) is 23.7 Å². The molecule has 0 saturated heterocycles. The van der Waals surface area contributed by atoms with Crippen molar-refractivity contribution in [1.82, 2.24) is 5.32 Å². The molecule has 0 spiro atoms. The van der Waals surface area contributed by atoms with E-state index in [0.717, 1.165) is 23.3 Å². The summed E-state index contributed by atoms with van der Waals surface area (Å²) < 4.78 is 18.8. The molecule has 2 atom stereocenters. The Morgan fingerprint density at radius 2 is 1.81 bits per heavy atom. The molecule has 0 unspecified atom stereocenters. The molecule has 26 heavy (non-hydrogen) atoms. The third-order valence-electron chi connectivity index (χ3n) is 4.65. The second-order valence-corrected chi connectivity index (χ2v) is 6.93. The number of halogens is 2. The quantitative estimate of drug-likeness (QED) is 0.675. The first-order valence-corrected chi connectivity index (χ1v) is 8.86. The average molecular weight is 370 g/mol. The van der Waals surface area contributed by atoms with Gasteiger partial charge in [-0.05, 0) is 66.4 Å². The Labute approximate surface area is 155 Å². The molecule has 5 heteroatoms. The van der Waals surface area contributed by atoms with E-state index in [1.165, 1.54) is 12.1 Å². The van der Waals surface area contributed by atoms with Crippen molar-refractivity contribution in [2.45, 2.75) is 18.9 Å². The summed E-state index contributed by atoms with van der Waals surface area (Å²) in [6.07, 6.45) is 0.797. The molecule has 1 aliphatic rings. The molecule has 1 saturated carbocycles. The molecule has 3 aromatic rings. The molecule has 1 aromatic heterocycles. The fourth-order valence-electron chi connectivity index (χ4n) is 3.11. The minimum atomic E-state index is -0.260. The lowest BCUT2D eigenvalue weighted by atomic mass is 10.1. The Morgan fingerprint density at radius 1 is 1.08 bits per heavy atom. The van der Waals surface area contributed by atoms with Gasteiger partial charge in [0.25, 0.3) is 0 Å². The van der Waals surface area contributed by atoms with Crippen LogP contribution in [0.5, 0.6) is 0 Å². The van der Waals surface area contributed by atoms with E-state index in [2.05, 4.69) is 5.32 Å². The average Bonchev–Trinajstić information content (AvgIpc) is 3.31. The fourth-order valence-corrected chi connectivity index (χ4v) is 3.24. The standard InChI is InChI=1S/C21H17ClFNO2/c22-15-5-1-14(2-6-15)20-10-9-17(26-20)12-24-21(25)19-11-18(19)13-3-7-16(23)8-4-13/h1-10,18-19H,11-12H2,(H,24,25)/t18-,19-/m1/s1. The van der Waals surface area contributed by atoms with Crippen LogP contribution < -0.4 is 5.32 Å².